The summed E-state index contributed by atoms with van der Waals surface area (Å²) < 4.78 is 43.9. The molecule has 26 heavy (non-hydrogen) atoms. The summed E-state index contributed by atoms with van der Waals surface area (Å²) >= 11 is 0. The summed E-state index contributed by atoms with van der Waals surface area (Å²) in [4.78, 5) is 35.4. The number of ether oxygens (including phenoxy) is 1. The van der Waals surface area contributed by atoms with Gasteiger partial charge in [-0.15, -0.1) is 0 Å². The van der Waals surface area contributed by atoms with E-state index in [0.717, 1.165) is 4.90 Å². The van der Waals surface area contributed by atoms with Gasteiger partial charge in [-0.25, -0.2) is 0 Å². The van der Waals surface area contributed by atoms with E-state index in [-0.39, 0.29) is 6.61 Å². The van der Waals surface area contributed by atoms with Crippen LogP contribution in [-0.4, -0.2) is 60.2 Å². The maximum atomic E-state index is 12.9. The van der Waals surface area contributed by atoms with Gasteiger partial charge in [0.2, 0.25) is 5.91 Å². The molecule has 0 spiro atoms. The highest BCUT2D eigenvalue weighted by atomic mass is 19.4. The predicted octanol–water partition coefficient (Wildman–Crippen LogP) is 0.903. The zero-order chi connectivity index (χ0) is 19.3. The number of hydrogen-bond donors (Lipinski definition) is 2. The summed E-state index contributed by atoms with van der Waals surface area (Å²) in [6, 6.07) is 8.44. The average molecular weight is 374 g/mol. The number of rotatable bonds is 6. The molecule has 1 aliphatic heterocycles. The van der Waals surface area contributed by atoms with Crippen molar-refractivity contribution in [1.82, 2.24) is 10.2 Å². The van der Waals surface area contributed by atoms with Crippen molar-refractivity contribution in [2.45, 2.75) is 6.18 Å². The summed E-state index contributed by atoms with van der Waals surface area (Å²) in [5.41, 5.74) is 0. The first-order valence-electron chi connectivity index (χ1n) is 7.70. The topological polar surface area (TPSA) is 95.9 Å². The predicted molar refractivity (Wildman–Crippen MR) is 82.2 cm³/mol. The SMILES string of the molecule is O=C(COc1ccccc1)NCC(=O)N1C[C@@H](C(F)(F)F)[C@H](C(=O)O)C1. The zero-order valence-corrected chi connectivity index (χ0v) is 13.5. The van der Waals surface area contributed by atoms with Crippen LogP contribution >= 0.6 is 0 Å². The van der Waals surface area contributed by atoms with Crippen LogP contribution in [0.5, 0.6) is 5.75 Å². The molecule has 2 N–H and O–H groups in total. The van der Waals surface area contributed by atoms with Gasteiger partial charge >= 0.3 is 12.1 Å². The van der Waals surface area contributed by atoms with Crippen molar-refractivity contribution in [3.05, 3.63) is 30.3 Å². The Morgan fingerprint density at radius 3 is 2.38 bits per heavy atom. The highest BCUT2D eigenvalue weighted by Crippen LogP contribution is 2.37. The Kier molecular flexibility index (Phi) is 6.06. The standard InChI is InChI=1S/C16H17F3N2O5/c17-16(18,19)12-8-21(7-11(12)15(24)25)14(23)6-20-13(22)9-26-10-4-2-1-3-5-10/h1-5,11-12H,6-9H2,(H,20,22)(H,24,25)/t11-,12-/m1/s1. The fourth-order valence-corrected chi connectivity index (χ4v) is 2.59. The molecule has 2 rings (SSSR count). The van der Waals surface area contributed by atoms with Gasteiger partial charge in [0.1, 0.15) is 5.75 Å². The molecular weight excluding hydrogens is 357 g/mol. The molecule has 1 saturated heterocycles. The van der Waals surface area contributed by atoms with Gasteiger partial charge in [0, 0.05) is 13.1 Å². The molecule has 0 aromatic heterocycles. The maximum absolute atomic E-state index is 12.9. The highest BCUT2D eigenvalue weighted by Gasteiger charge is 2.53. The Hall–Kier alpha value is -2.78. The van der Waals surface area contributed by atoms with Crippen LogP contribution < -0.4 is 10.1 Å². The number of amides is 2. The molecule has 1 heterocycles. The third kappa shape index (κ3) is 5.11. The van der Waals surface area contributed by atoms with Crippen molar-refractivity contribution in [1.29, 1.82) is 0 Å². The minimum absolute atomic E-state index is 0.361. The molecule has 1 aromatic rings. The number of carbonyl (C=O) groups excluding carboxylic acids is 2. The van der Waals surface area contributed by atoms with Gasteiger partial charge in [-0.2, -0.15) is 13.2 Å². The summed E-state index contributed by atoms with van der Waals surface area (Å²) in [5, 5.41) is 11.2. The zero-order valence-electron chi connectivity index (χ0n) is 13.5. The van der Waals surface area contributed by atoms with E-state index in [0.29, 0.717) is 5.75 Å². The molecule has 0 radical (unpaired) electrons. The Morgan fingerprint density at radius 1 is 1.19 bits per heavy atom. The number of alkyl halides is 3. The molecule has 1 fully saturated rings. The Morgan fingerprint density at radius 2 is 1.85 bits per heavy atom. The molecule has 0 aliphatic carbocycles. The number of halogens is 3. The monoisotopic (exact) mass is 374 g/mol. The fourth-order valence-electron chi connectivity index (χ4n) is 2.59. The Balaban J connectivity index is 1.82. The van der Waals surface area contributed by atoms with Crippen LogP contribution in [0.2, 0.25) is 0 Å². The van der Waals surface area contributed by atoms with E-state index in [1.54, 1.807) is 30.3 Å². The van der Waals surface area contributed by atoms with E-state index in [1.165, 1.54) is 0 Å². The second-order valence-electron chi connectivity index (χ2n) is 5.77. The van der Waals surface area contributed by atoms with Crippen molar-refractivity contribution >= 4 is 17.8 Å². The number of nitrogens with one attached hydrogen (secondary N) is 1. The van der Waals surface area contributed by atoms with E-state index in [9.17, 15) is 27.6 Å². The van der Waals surface area contributed by atoms with E-state index >= 15 is 0 Å². The second-order valence-corrected chi connectivity index (χ2v) is 5.77. The number of likely N-dealkylation sites (tertiary alicyclic amines) is 1. The first-order chi connectivity index (χ1) is 12.2. The number of benzene rings is 1. The van der Waals surface area contributed by atoms with E-state index in [4.69, 9.17) is 9.84 Å². The number of hydrogen-bond acceptors (Lipinski definition) is 4. The van der Waals surface area contributed by atoms with Crippen LogP contribution in [-0.2, 0) is 14.4 Å². The van der Waals surface area contributed by atoms with Crippen molar-refractivity contribution in [3.8, 4) is 5.75 Å². The van der Waals surface area contributed by atoms with Gasteiger partial charge in [0.25, 0.3) is 5.91 Å². The Labute approximate surface area is 146 Å². The molecular formula is C16H17F3N2O5. The second kappa shape index (κ2) is 8.07. The van der Waals surface area contributed by atoms with E-state index < -0.39 is 55.4 Å². The molecule has 142 valence electrons. The fraction of sp³-hybridized carbons (Fsp3) is 0.438. The largest absolute Gasteiger partial charge is 0.484 e. The third-order valence-electron chi connectivity index (χ3n) is 3.96. The lowest BCUT2D eigenvalue weighted by atomic mass is 9.96. The number of carboxylic acid groups (broad SMARTS) is 1. The quantitative estimate of drug-likeness (QED) is 0.772. The molecule has 7 nitrogen and oxygen atoms in total. The Bertz CT molecular complexity index is 666. The van der Waals surface area contributed by atoms with Crippen molar-refractivity contribution in [2.24, 2.45) is 11.8 Å². The molecule has 1 aliphatic rings. The van der Waals surface area contributed by atoms with E-state index in [1.807, 2.05) is 0 Å². The van der Waals surface area contributed by atoms with Crippen LogP contribution in [0.25, 0.3) is 0 Å². The smallest absolute Gasteiger partial charge is 0.394 e. The van der Waals surface area contributed by atoms with Gasteiger partial charge in [-0.3, -0.25) is 14.4 Å². The molecule has 0 saturated carbocycles. The van der Waals surface area contributed by atoms with Crippen LogP contribution in [0.3, 0.4) is 0 Å². The first kappa shape index (κ1) is 19.5. The lowest BCUT2D eigenvalue weighted by Gasteiger charge is -2.18. The molecule has 0 unspecified atom stereocenters. The van der Waals surface area contributed by atoms with Gasteiger partial charge in [0.05, 0.1) is 18.4 Å². The number of carbonyl (C=O) groups is 3. The number of carboxylic acids is 1. The van der Waals surface area contributed by atoms with Gasteiger partial charge < -0.3 is 20.1 Å². The number of para-hydroxylation sites is 1. The minimum Gasteiger partial charge on any atom is -0.484 e. The molecule has 0 bridgehead atoms. The van der Waals surface area contributed by atoms with Crippen molar-refractivity contribution < 1.29 is 37.4 Å². The minimum atomic E-state index is -4.72. The lowest BCUT2D eigenvalue weighted by molar-refractivity contribution is -0.188. The number of aliphatic carboxylic acids is 1. The molecule has 2 amide bonds. The lowest BCUT2D eigenvalue weighted by Crippen LogP contribution is -2.41. The number of nitrogens with zero attached hydrogens (tertiary/aromatic N) is 1. The summed E-state index contributed by atoms with van der Waals surface area (Å²) in [7, 11) is 0. The highest BCUT2D eigenvalue weighted by molar-refractivity contribution is 5.86. The van der Waals surface area contributed by atoms with Gasteiger partial charge in [-0.1, -0.05) is 18.2 Å². The van der Waals surface area contributed by atoms with Crippen LogP contribution in [0.15, 0.2) is 30.3 Å². The molecule has 2 atom stereocenters. The van der Waals surface area contributed by atoms with Gasteiger partial charge in [0.15, 0.2) is 6.61 Å². The summed E-state index contributed by atoms with van der Waals surface area (Å²) in [5.74, 6) is -6.40. The van der Waals surface area contributed by atoms with Crippen LogP contribution in [0, 0.1) is 11.8 Å². The summed E-state index contributed by atoms with van der Waals surface area (Å²) in [6.45, 7) is -2.18. The van der Waals surface area contributed by atoms with E-state index in [2.05, 4.69) is 5.32 Å². The van der Waals surface area contributed by atoms with Crippen molar-refractivity contribution in [2.75, 3.05) is 26.2 Å². The summed E-state index contributed by atoms with van der Waals surface area (Å²) in [6.07, 6.45) is -4.72. The maximum Gasteiger partial charge on any atom is 0.394 e. The molecule has 1 aromatic carbocycles. The van der Waals surface area contributed by atoms with Crippen molar-refractivity contribution in [3.63, 3.8) is 0 Å². The normalized spacial score (nSPS) is 19.9. The first-order valence-corrected chi connectivity index (χ1v) is 7.70. The molecule has 10 heteroatoms. The average Bonchev–Trinajstić information content (AvgIpc) is 3.05. The van der Waals surface area contributed by atoms with Crippen LogP contribution in [0.1, 0.15) is 0 Å². The third-order valence-corrected chi connectivity index (χ3v) is 3.96. The van der Waals surface area contributed by atoms with Crippen LogP contribution in [0.4, 0.5) is 13.2 Å². The van der Waals surface area contributed by atoms with Gasteiger partial charge in [-0.05, 0) is 12.1 Å².